The molecule has 35 heavy (non-hydrogen) atoms. The number of nitrogens with zero attached hydrogens (tertiary/aromatic N) is 1. The van der Waals surface area contributed by atoms with Crippen LogP contribution >= 0.6 is 0 Å². The third-order valence-corrected chi connectivity index (χ3v) is 6.27. The minimum atomic E-state index is -4.24. The van der Waals surface area contributed by atoms with Crippen molar-refractivity contribution in [2.24, 2.45) is 0 Å². The average Bonchev–Trinajstić information content (AvgIpc) is 2.82. The number of hydrogen-bond acceptors (Lipinski definition) is 6. The number of anilines is 1. The van der Waals surface area contributed by atoms with E-state index < -0.39 is 15.9 Å². The van der Waals surface area contributed by atoms with Crippen molar-refractivity contribution < 1.29 is 31.3 Å². The maximum Gasteiger partial charge on any atom is 0.339 e. The molecule has 10 heteroatoms. The Morgan fingerprint density at radius 2 is 1.74 bits per heavy atom. The number of carbonyl (C=O) groups is 1. The van der Waals surface area contributed by atoms with Gasteiger partial charge in [0.15, 0.2) is 11.5 Å². The largest absolute Gasteiger partial charge is 0.493 e. The molecule has 1 N–H and O–H groups in total. The molecule has 2 amide bonds. The van der Waals surface area contributed by atoms with Gasteiger partial charge in [0.05, 0.1) is 13.7 Å². The van der Waals surface area contributed by atoms with Gasteiger partial charge in [0.2, 0.25) is 0 Å². The fraction of sp³-hybridized carbons (Fsp3) is 0.240. The summed E-state index contributed by atoms with van der Waals surface area (Å²) in [6.07, 6.45) is 0. The van der Waals surface area contributed by atoms with Gasteiger partial charge in [-0.15, -0.1) is 0 Å². The van der Waals surface area contributed by atoms with Crippen molar-refractivity contribution in [2.45, 2.75) is 18.4 Å². The zero-order valence-electron chi connectivity index (χ0n) is 19.7. The number of halogens is 1. The summed E-state index contributed by atoms with van der Waals surface area (Å²) < 4.78 is 54.3. The molecule has 0 atom stereocenters. The topological polar surface area (TPSA) is 94.2 Å². The van der Waals surface area contributed by atoms with E-state index in [1.165, 1.54) is 25.2 Å². The summed E-state index contributed by atoms with van der Waals surface area (Å²) in [6.45, 7) is 2.68. The van der Waals surface area contributed by atoms with Crippen LogP contribution in [-0.4, -0.2) is 46.7 Å². The zero-order chi connectivity index (χ0) is 25.4. The molecule has 0 aliphatic carbocycles. The van der Waals surface area contributed by atoms with E-state index in [0.29, 0.717) is 24.4 Å². The lowest BCUT2D eigenvalue weighted by Crippen LogP contribution is -2.36. The molecule has 0 radical (unpaired) electrons. The Labute approximate surface area is 204 Å². The van der Waals surface area contributed by atoms with Crippen LogP contribution < -0.4 is 14.2 Å². The minimum absolute atomic E-state index is 0.0555. The van der Waals surface area contributed by atoms with Crippen molar-refractivity contribution in [3.63, 3.8) is 0 Å². The van der Waals surface area contributed by atoms with Crippen molar-refractivity contribution >= 4 is 21.8 Å². The fourth-order valence-electron chi connectivity index (χ4n) is 3.25. The molecule has 3 rings (SSSR count). The highest BCUT2D eigenvalue weighted by molar-refractivity contribution is 7.87. The number of carbonyl (C=O) groups excluding carboxylic acids is 1. The van der Waals surface area contributed by atoms with Gasteiger partial charge >= 0.3 is 16.1 Å². The van der Waals surface area contributed by atoms with E-state index in [-0.39, 0.29) is 29.0 Å². The first kappa shape index (κ1) is 26.0. The van der Waals surface area contributed by atoms with Crippen LogP contribution in [0.5, 0.6) is 11.5 Å². The van der Waals surface area contributed by atoms with Gasteiger partial charge in [-0.05, 0) is 66.6 Å². The standard InChI is InChI=1S/C25H27FN2O6S/c1-18-5-4-6-21(15-18)27-25(29)28(13-14-32-2)17-19-7-12-23(33-3)24(16-19)34-35(30,31)22-10-8-20(26)9-11-22/h4-12,15-16H,13-14,17H2,1-3H3,(H,27,29). The van der Waals surface area contributed by atoms with Gasteiger partial charge in [-0.25, -0.2) is 9.18 Å². The first-order valence-corrected chi connectivity index (χ1v) is 12.1. The van der Waals surface area contributed by atoms with Crippen LogP contribution in [0.25, 0.3) is 0 Å². The molecule has 3 aromatic carbocycles. The second-order valence-corrected chi connectivity index (χ2v) is 9.24. The lowest BCUT2D eigenvalue weighted by atomic mass is 10.2. The van der Waals surface area contributed by atoms with Gasteiger partial charge in [0.25, 0.3) is 0 Å². The number of aryl methyl sites for hydroxylation is 1. The Hall–Kier alpha value is -3.63. The van der Waals surface area contributed by atoms with E-state index in [2.05, 4.69) is 5.32 Å². The molecule has 0 aliphatic rings. The molecule has 0 bridgehead atoms. The number of benzene rings is 3. The summed E-state index contributed by atoms with van der Waals surface area (Å²) in [4.78, 5) is 14.3. The van der Waals surface area contributed by atoms with Crippen molar-refractivity contribution in [3.05, 3.63) is 83.7 Å². The number of hydrogen-bond donors (Lipinski definition) is 1. The van der Waals surface area contributed by atoms with Crippen molar-refractivity contribution in [3.8, 4) is 11.5 Å². The highest BCUT2D eigenvalue weighted by Crippen LogP contribution is 2.31. The molecule has 0 saturated carbocycles. The second-order valence-electron chi connectivity index (χ2n) is 7.69. The highest BCUT2D eigenvalue weighted by Gasteiger charge is 2.21. The van der Waals surface area contributed by atoms with E-state index in [9.17, 15) is 17.6 Å². The Bertz CT molecular complexity index is 1270. The molecule has 0 aromatic heterocycles. The number of rotatable bonds is 10. The van der Waals surface area contributed by atoms with E-state index in [1.807, 2.05) is 25.1 Å². The van der Waals surface area contributed by atoms with Gasteiger partial charge in [0, 0.05) is 25.9 Å². The third-order valence-electron chi connectivity index (χ3n) is 5.03. The van der Waals surface area contributed by atoms with Crippen molar-refractivity contribution in [2.75, 3.05) is 32.7 Å². The molecule has 8 nitrogen and oxygen atoms in total. The van der Waals surface area contributed by atoms with Crippen LogP contribution in [0.4, 0.5) is 14.9 Å². The predicted octanol–water partition coefficient (Wildman–Crippen LogP) is 4.59. The summed E-state index contributed by atoms with van der Waals surface area (Å²) in [5.74, 6) is -0.434. The Morgan fingerprint density at radius 3 is 2.40 bits per heavy atom. The van der Waals surface area contributed by atoms with Crippen LogP contribution in [0, 0.1) is 12.7 Å². The van der Waals surface area contributed by atoms with Crippen LogP contribution in [0.3, 0.4) is 0 Å². The van der Waals surface area contributed by atoms with Crippen LogP contribution in [0.1, 0.15) is 11.1 Å². The van der Waals surface area contributed by atoms with Gasteiger partial charge < -0.3 is 23.9 Å². The number of methoxy groups -OCH3 is 2. The van der Waals surface area contributed by atoms with E-state index in [0.717, 1.165) is 29.8 Å². The Kier molecular flexibility index (Phi) is 8.67. The zero-order valence-corrected chi connectivity index (χ0v) is 20.5. The monoisotopic (exact) mass is 502 g/mol. The molecule has 0 spiro atoms. The smallest absolute Gasteiger partial charge is 0.339 e. The second kappa shape index (κ2) is 11.7. The SMILES string of the molecule is COCCN(Cc1ccc(OC)c(OS(=O)(=O)c2ccc(F)cc2)c1)C(=O)Nc1cccc(C)c1. The minimum Gasteiger partial charge on any atom is -0.493 e. The maximum atomic E-state index is 13.2. The first-order chi connectivity index (χ1) is 16.7. The first-order valence-electron chi connectivity index (χ1n) is 10.7. The van der Waals surface area contributed by atoms with E-state index >= 15 is 0 Å². The lowest BCUT2D eigenvalue weighted by molar-refractivity contribution is 0.153. The molecular formula is C25H27FN2O6S. The molecule has 0 unspecified atom stereocenters. The summed E-state index contributed by atoms with van der Waals surface area (Å²) in [5, 5.41) is 2.86. The van der Waals surface area contributed by atoms with E-state index in [1.54, 1.807) is 18.2 Å². The van der Waals surface area contributed by atoms with Crippen LogP contribution in [0.15, 0.2) is 71.6 Å². The molecule has 0 heterocycles. The van der Waals surface area contributed by atoms with Crippen LogP contribution in [-0.2, 0) is 21.4 Å². The van der Waals surface area contributed by atoms with Crippen molar-refractivity contribution in [1.29, 1.82) is 0 Å². The summed E-state index contributed by atoms with van der Waals surface area (Å²) in [6, 6.07) is 16.1. The summed E-state index contributed by atoms with van der Waals surface area (Å²) in [5.41, 5.74) is 2.26. The lowest BCUT2D eigenvalue weighted by Gasteiger charge is -2.23. The predicted molar refractivity (Wildman–Crippen MR) is 130 cm³/mol. The normalized spacial score (nSPS) is 11.1. The average molecular weight is 503 g/mol. The molecule has 0 fully saturated rings. The molecular weight excluding hydrogens is 475 g/mol. The van der Waals surface area contributed by atoms with Gasteiger partial charge in [0.1, 0.15) is 10.7 Å². The van der Waals surface area contributed by atoms with Crippen LogP contribution in [0.2, 0.25) is 0 Å². The van der Waals surface area contributed by atoms with Crippen molar-refractivity contribution in [1.82, 2.24) is 4.90 Å². The van der Waals surface area contributed by atoms with E-state index in [4.69, 9.17) is 13.7 Å². The highest BCUT2D eigenvalue weighted by atomic mass is 32.2. The number of ether oxygens (including phenoxy) is 2. The number of amides is 2. The molecule has 3 aromatic rings. The third kappa shape index (κ3) is 7.17. The number of nitrogens with one attached hydrogen (secondary N) is 1. The summed E-state index contributed by atoms with van der Waals surface area (Å²) >= 11 is 0. The number of urea groups is 1. The Morgan fingerprint density at radius 1 is 1.00 bits per heavy atom. The molecule has 0 aliphatic heterocycles. The van der Waals surface area contributed by atoms with Gasteiger partial charge in [-0.3, -0.25) is 0 Å². The maximum absolute atomic E-state index is 13.2. The quantitative estimate of drug-likeness (QED) is 0.408. The van der Waals surface area contributed by atoms with Gasteiger partial charge in [-0.2, -0.15) is 8.42 Å². The molecule has 186 valence electrons. The fourth-order valence-corrected chi connectivity index (χ4v) is 4.18. The Balaban J connectivity index is 1.83. The summed E-state index contributed by atoms with van der Waals surface area (Å²) in [7, 11) is -1.32. The molecule has 0 saturated heterocycles. The van der Waals surface area contributed by atoms with Gasteiger partial charge in [-0.1, -0.05) is 18.2 Å².